The van der Waals surface area contributed by atoms with Crippen LogP contribution in [0.4, 0.5) is 0 Å². The van der Waals surface area contributed by atoms with E-state index in [1.165, 1.54) is 12.1 Å². The van der Waals surface area contributed by atoms with Gasteiger partial charge in [-0.3, -0.25) is 4.79 Å². The zero-order valence-electron chi connectivity index (χ0n) is 10.4. The third kappa shape index (κ3) is 3.88. The molecule has 0 bridgehead atoms. The van der Waals surface area contributed by atoms with Crippen LogP contribution >= 0.6 is 34.8 Å². The van der Waals surface area contributed by atoms with Crippen LogP contribution in [0.3, 0.4) is 0 Å². The van der Waals surface area contributed by atoms with Crippen LogP contribution in [0.1, 0.15) is 20.7 Å². The summed E-state index contributed by atoms with van der Waals surface area (Å²) < 4.78 is 0. The van der Waals surface area contributed by atoms with Crippen molar-refractivity contribution in [2.24, 2.45) is 0 Å². The predicted octanol–water partition coefficient (Wildman–Crippen LogP) is 4.15. The molecule has 7 heteroatoms. The fourth-order valence-corrected chi connectivity index (χ4v) is 2.50. The van der Waals surface area contributed by atoms with Gasteiger partial charge < -0.3 is 4.84 Å². The number of hydroxylamine groups is 1. The van der Waals surface area contributed by atoms with Crippen LogP contribution in [0.2, 0.25) is 15.1 Å². The average molecular weight is 345 g/mol. The van der Waals surface area contributed by atoms with Crippen LogP contribution in [-0.4, -0.2) is 11.9 Å². The van der Waals surface area contributed by atoms with Gasteiger partial charge in [-0.05, 0) is 24.3 Å². The van der Waals surface area contributed by atoms with Crippen molar-refractivity contribution in [3.8, 4) is 0 Å². The van der Waals surface area contributed by atoms with E-state index in [-0.39, 0.29) is 20.6 Å². The smallest absolute Gasteiger partial charge is 0.335 e. The van der Waals surface area contributed by atoms with Crippen LogP contribution in [0.15, 0.2) is 42.5 Å². The maximum Gasteiger partial charge on any atom is 0.365 e. The van der Waals surface area contributed by atoms with E-state index in [4.69, 9.17) is 39.6 Å². The fraction of sp³-hybridized carbons (Fsp3) is 0. The number of rotatable bonds is 2. The van der Waals surface area contributed by atoms with Gasteiger partial charge in [0.1, 0.15) is 0 Å². The van der Waals surface area contributed by atoms with Crippen LogP contribution in [0, 0.1) is 0 Å². The van der Waals surface area contributed by atoms with Gasteiger partial charge in [0.25, 0.3) is 5.91 Å². The third-order valence-corrected chi connectivity index (χ3v) is 3.30. The average Bonchev–Trinajstić information content (AvgIpc) is 2.44. The Kier molecular flexibility index (Phi) is 5.07. The van der Waals surface area contributed by atoms with E-state index in [0.717, 1.165) is 0 Å². The van der Waals surface area contributed by atoms with E-state index in [1.807, 2.05) is 5.48 Å². The molecule has 108 valence electrons. The highest BCUT2D eigenvalue weighted by atomic mass is 35.5. The number of carbonyl (C=O) groups is 2. The summed E-state index contributed by atoms with van der Waals surface area (Å²) in [4.78, 5) is 28.3. The fourth-order valence-electron chi connectivity index (χ4n) is 1.53. The topological polar surface area (TPSA) is 55.4 Å². The third-order valence-electron chi connectivity index (χ3n) is 2.48. The first-order valence-electron chi connectivity index (χ1n) is 5.70. The molecule has 2 aromatic carbocycles. The Morgan fingerprint density at radius 3 is 2.10 bits per heavy atom. The highest BCUT2D eigenvalue weighted by Crippen LogP contribution is 2.29. The summed E-state index contributed by atoms with van der Waals surface area (Å²) in [5.41, 5.74) is 2.30. The summed E-state index contributed by atoms with van der Waals surface area (Å²) in [5.74, 6) is -1.45. The van der Waals surface area contributed by atoms with Gasteiger partial charge in [-0.1, -0.05) is 53.0 Å². The summed E-state index contributed by atoms with van der Waals surface area (Å²) in [6.45, 7) is 0. The second-order valence-electron chi connectivity index (χ2n) is 3.93. The Morgan fingerprint density at radius 1 is 0.952 bits per heavy atom. The first-order chi connectivity index (χ1) is 9.99. The van der Waals surface area contributed by atoms with E-state index >= 15 is 0 Å². The maximum absolute atomic E-state index is 11.9. The molecule has 0 aliphatic rings. The number of benzene rings is 2. The zero-order chi connectivity index (χ0) is 15.4. The quantitative estimate of drug-likeness (QED) is 0.833. The first kappa shape index (κ1) is 15.6. The molecule has 0 saturated heterocycles. The molecular formula is C14H8Cl3NO3. The number of hydrogen-bond donors (Lipinski definition) is 1. The Morgan fingerprint density at radius 2 is 1.52 bits per heavy atom. The molecule has 2 rings (SSSR count). The second-order valence-corrected chi connectivity index (χ2v) is 5.18. The lowest BCUT2D eigenvalue weighted by Crippen LogP contribution is -2.27. The molecular weight excluding hydrogens is 337 g/mol. The molecule has 0 aliphatic heterocycles. The highest BCUT2D eigenvalue weighted by molar-refractivity contribution is 6.41. The molecule has 0 spiro atoms. The van der Waals surface area contributed by atoms with Crippen molar-refractivity contribution in [2.75, 3.05) is 0 Å². The Balaban J connectivity index is 2.08. The number of halogens is 3. The standard InChI is InChI=1S/C14H8Cl3NO3/c15-9-6-10(16)12(11(17)7-9)14(20)21-18-13(19)8-4-2-1-3-5-8/h1-7H,(H,18,19). The molecule has 0 aromatic heterocycles. The molecule has 0 heterocycles. The molecule has 0 unspecified atom stereocenters. The van der Waals surface area contributed by atoms with E-state index in [2.05, 4.69) is 0 Å². The number of carbonyl (C=O) groups excluding carboxylic acids is 2. The summed E-state index contributed by atoms with van der Waals surface area (Å²) >= 11 is 17.5. The molecule has 21 heavy (non-hydrogen) atoms. The van der Waals surface area contributed by atoms with Crippen LogP contribution in [0.5, 0.6) is 0 Å². The van der Waals surface area contributed by atoms with E-state index in [0.29, 0.717) is 5.56 Å². The van der Waals surface area contributed by atoms with Crippen LogP contribution < -0.4 is 5.48 Å². The summed E-state index contributed by atoms with van der Waals surface area (Å²) in [6.07, 6.45) is 0. The number of amides is 1. The minimum atomic E-state index is -0.883. The van der Waals surface area contributed by atoms with Crippen molar-refractivity contribution >= 4 is 46.7 Å². The van der Waals surface area contributed by atoms with Crippen molar-refractivity contribution in [3.63, 3.8) is 0 Å². The molecule has 1 N–H and O–H groups in total. The van der Waals surface area contributed by atoms with Gasteiger partial charge in [0, 0.05) is 10.6 Å². The van der Waals surface area contributed by atoms with Crippen LogP contribution in [-0.2, 0) is 4.84 Å². The molecule has 0 atom stereocenters. The predicted molar refractivity (Wildman–Crippen MR) is 80.8 cm³/mol. The Labute approximate surface area is 135 Å². The summed E-state index contributed by atoms with van der Waals surface area (Å²) in [7, 11) is 0. The van der Waals surface area contributed by atoms with E-state index in [9.17, 15) is 9.59 Å². The number of nitrogens with one attached hydrogen (secondary N) is 1. The van der Waals surface area contributed by atoms with Crippen molar-refractivity contribution in [1.82, 2.24) is 5.48 Å². The SMILES string of the molecule is O=C(NOC(=O)c1c(Cl)cc(Cl)cc1Cl)c1ccccc1. The van der Waals surface area contributed by atoms with Gasteiger partial charge in [-0.25, -0.2) is 4.79 Å². The van der Waals surface area contributed by atoms with Crippen molar-refractivity contribution in [2.45, 2.75) is 0 Å². The Bertz CT molecular complexity index is 666. The lowest BCUT2D eigenvalue weighted by molar-refractivity contribution is 0.0230. The Hall–Kier alpha value is -1.75. The van der Waals surface area contributed by atoms with Gasteiger partial charge in [0.15, 0.2) is 0 Å². The largest absolute Gasteiger partial charge is 0.365 e. The maximum atomic E-state index is 11.9. The molecule has 2 aromatic rings. The van der Waals surface area contributed by atoms with Crippen molar-refractivity contribution in [3.05, 3.63) is 68.7 Å². The normalized spacial score (nSPS) is 10.0. The summed E-state index contributed by atoms with van der Waals surface area (Å²) in [5, 5.41) is 0.354. The summed E-state index contributed by atoms with van der Waals surface area (Å²) in [6, 6.07) is 11.0. The van der Waals surface area contributed by atoms with Gasteiger partial charge in [-0.15, -0.1) is 0 Å². The molecule has 0 saturated carbocycles. The molecule has 1 amide bonds. The second kappa shape index (κ2) is 6.80. The van der Waals surface area contributed by atoms with E-state index in [1.54, 1.807) is 30.3 Å². The van der Waals surface area contributed by atoms with Gasteiger partial charge in [0.05, 0.1) is 15.6 Å². The molecule has 0 radical (unpaired) electrons. The lowest BCUT2D eigenvalue weighted by atomic mass is 10.2. The highest BCUT2D eigenvalue weighted by Gasteiger charge is 2.19. The first-order valence-corrected chi connectivity index (χ1v) is 6.83. The lowest BCUT2D eigenvalue weighted by Gasteiger charge is -2.08. The molecule has 4 nitrogen and oxygen atoms in total. The number of hydrogen-bond acceptors (Lipinski definition) is 3. The van der Waals surface area contributed by atoms with Crippen molar-refractivity contribution < 1.29 is 14.4 Å². The van der Waals surface area contributed by atoms with Crippen LogP contribution in [0.25, 0.3) is 0 Å². The van der Waals surface area contributed by atoms with Gasteiger partial charge >= 0.3 is 5.97 Å². The minimum absolute atomic E-state index is 0.0338. The van der Waals surface area contributed by atoms with Gasteiger partial charge in [-0.2, -0.15) is 5.48 Å². The minimum Gasteiger partial charge on any atom is -0.335 e. The van der Waals surface area contributed by atoms with E-state index < -0.39 is 11.9 Å². The van der Waals surface area contributed by atoms with Crippen molar-refractivity contribution in [1.29, 1.82) is 0 Å². The molecule has 0 fully saturated rings. The zero-order valence-corrected chi connectivity index (χ0v) is 12.7. The van der Waals surface area contributed by atoms with Gasteiger partial charge in [0.2, 0.25) is 0 Å². The monoisotopic (exact) mass is 343 g/mol. The molecule has 0 aliphatic carbocycles.